The highest BCUT2D eigenvalue weighted by Gasteiger charge is 2.59. The molecule has 1 atom stereocenters. The molecule has 2 fully saturated rings. The van der Waals surface area contributed by atoms with Gasteiger partial charge in [-0.2, -0.15) is 0 Å². The van der Waals surface area contributed by atoms with E-state index < -0.39 is 24.7 Å². The van der Waals surface area contributed by atoms with Gasteiger partial charge in [-0.3, -0.25) is 10.1 Å². The Labute approximate surface area is 123 Å². The Morgan fingerprint density at radius 2 is 1.90 bits per heavy atom. The number of rotatable bonds is 4. The predicted octanol–water partition coefficient (Wildman–Crippen LogP) is 3.04. The Morgan fingerprint density at radius 1 is 1.29 bits per heavy atom. The maximum absolute atomic E-state index is 12.8. The minimum absolute atomic E-state index is 0.180. The van der Waals surface area contributed by atoms with Crippen LogP contribution >= 0.6 is 0 Å². The first-order valence-corrected chi connectivity index (χ1v) is 7.40. The quantitative estimate of drug-likeness (QED) is 0.925. The van der Waals surface area contributed by atoms with Crippen LogP contribution in [0.5, 0.6) is 0 Å². The van der Waals surface area contributed by atoms with Gasteiger partial charge < -0.3 is 4.90 Å². The molecule has 1 aliphatic carbocycles. The van der Waals surface area contributed by atoms with Gasteiger partial charge in [0.1, 0.15) is 11.7 Å². The van der Waals surface area contributed by atoms with Gasteiger partial charge >= 0.3 is 0 Å². The fraction of sp³-hybridized carbons (Fsp3) is 0.562. The summed E-state index contributed by atoms with van der Waals surface area (Å²) < 4.78 is 25.5. The van der Waals surface area contributed by atoms with Crippen LogP contribution in [0.15, 0.2) is 24.3 Å². The first-order chi connectivity index (χ1) is 9.93. The van der Waals surface area contributed by atoms with Gasteiger partial charge in [0.2, 0.25) is 5.91 Å². The fourth-order valence-electron chi connectivity index (χ4n) is 2.94. The van der Waals surface area contributed by atoms with Crippen molar-refractivity contribution >= 4 is 5.91 Å². The van der Waals surface area contributed by atoms with Crippen molar-refractivity contribution in [3.8, 4) is 0 Å². The Hall–Kier alpha value is -1.49. The number of hydrogen-bond donors (Lipinski definition) is 1. The van der Waals surface area contributed by atoms with Crippen LogP contribution in [0.3, 0.4) is 0 Å². The van der Waals surface area contributed by atoms with Crippen LogP contribution in [-0.2, 0) is 4.79 Å². The Balaban J connectivity index is 1.86. The first-order valence-electron chi connectivity index (χ1n) is 7.40. The molecule has 1 aromatic rings. The lowest BCUT2D eigenvalue weighted by molar-refractivity contribution is -0.132. The molecule has 1 aliphatic heterocycles. The maximum Gasteiger partial charge on any atom is 0.255 e. The summed E-state index contributed by atoms with van der Waals surface area (Å²) in [6, 6.07) is 7.87. The van der Waals surface area contributed by atoms with Gasteiger partial charge in [0.25, 0.3) is 6.43 Å². The Morgan fingerprint density at radius 3 is 2.38 bits per heavy atom. The van der Waals surface area contributed by atoms with E-state index in [9.17, 15) is 13.6 Å². The van der Waals surface area contributed by atoms with Gasteiger partial charge in [0.15, 0.2) is 0 Å². The molecule has 1 heterocycles. The summed E-state index contributed by atoms with van der Waals surface area (Å²) in [6.45, 7) is 3.70. The van der Waals surface area contributed by atoms with Crippen LogP contribution in [0.1, 0.15) is 49.9 Å². The summed E-state index contributed by atoms with van der Waals surface area (Å²) in [5.74, 6) is 0.241. The van der Waals surface area contributed by atoms with Crippen molar-refractivity contribution in [2.24, 2.45) is 0 Å². The third kappa shape index (κ3) is 2.55. The summed E-state index contributed by atoms with van der Waals surface area (Å²) in [6.07, 6.45) is -1.46. The molecule has 1 aromatic carbocycles. The molecular weight excluding hydrogens is 274 g/mol. The second kappa shape index (κ2) is 5.05. The monoisotopic (exact) mass is 294 g/mol. The van der Waals surface area contributed by atoms with Gasteiger partial charge in [-0.05, 0) is 29.9 Å². The lowest BCUT2D eigenvalue weighted by atomic mass is 10.0. The SMILES string of the molecule is CC(C)c1ccc(C2NC3(CC3)C(=O)N2CC(F)F)cc1. The lowest BCUT2D eigenvalue weighted by Crippen LogP contribution is -2.35. The van der Waals surface area contributed by atoms with E-state index in [4.69, 9.17) is 0 Å². The molecule has 0 bridgehead atoms. The van der Waals surface area contributed by atoms with Gasteiger partial charge in [-0.25, -0.2) is 8.78 Å². The van der Waals surface area contributed by atoms with Crippen LogP contribution in [0.4, 0.5) is 8.78 Å². The molecule has 3 rings (SSSR count). The van der Waals surface area contributed by atoms with Gasteiger partial charge in [-0.15, -0.1) is 0 Å². The van der Waals surface area contributed by atoms with E-state index in [0.717, 1.165) is 18.4 Å². The van der Waals surface area contributed by atoms with E-state index in [1.165, 1.54) is 10.5 Å². The standard InChI is InChI=1S/C16H20F2N2O/c1-10(2)11-3-5-12(6-4-11)14-19-16(7-8-16)15(21)20(14)9-13(17)18/h3-6,10,13-14,19H,7-9H2,1-2H3. The number of amides is 1. The molecule has 2 aliphatic rings. The van der Waals surface area contributed by atoms with Crippen LogP contribution < -0.4 is 5.32 Å². The number of halogens is 2. The zero-order valence-corrected chi connectivity index (χ0v) is 12.3. The average molecular weight is 294 g/mol. The third-order valence-electron chi connectivity index (χ3n) is 4.40. The molecule has 3 nitrogen and oxygen atoms in total. The highest BCUT2D eigenvalue weighted by Crippen LogP contribution is 2.46. The fourth-order valence-corrected chi connectivity index (χ4v) is 2.94. The summed E-state index contributed by atoms with van der Waals surface area (Å²) in [5.41, 5.74) is 1.50. The molecule has 1 amide bonds. The summed E-state index contributed by atoms with van der Waals surface area (Å²) in [7, 11) is 0. The van der Waals surface area contributed by atoms with Crippen molar-refractivity contribution in [1.29, 1.82) is 0 Å². The number of hydrogen-bond acceptors (Lipinski definition) is 2. The number of alkyl halides is 2. The van der Waals surface area contributed by atoms with Crippen molar-refractivity contribution in [1.82, 2.24) is 10.2 Å². The normalized spacial score (nSPS) is 23.6. The molecule has 1 saturated carbocycles. The maximum atomic E-state index is 12.8. The molecule has 0 aromatic heterocycles. The summed E-state index contributed by atoms with van der Waals surface area (Å²) >= 11 is 0. The Bertz CT molecular complexity index is 538. The lowest BCUT2D eigenvalue weighted by Gasteiger charge is -2.24. The zero-order valence-electron chi connectivity index (χ0n) is 12.3. The van der Waals surface area contributed by atoms with Gasteiger partial charge in [-0.1, -0.05) is 38.1 Å². The third-order valence-corrected chi connectivity index (χ3v) is 4.40. The number of nitrogens with one attached hydrogen (secondary N) is 1. The second-order valence-corrected chi connectivity index (χ2v) is 6.30. The molecular formula is C16H20F2N2O. The van der Waals surface area contributed by atoms with Crippen molar-refractivity contribution in [2.75, 3.05) is 6.54 Å². The van der Waals surface area contributed by atoms with Gasteiger partial charge in [0.05, 0.1) is 6.54 Å². The number of benzene rings is 1. The van der Waals surface area contributed by atoms with Gasteiger partial charge in [0, 0.05) is 0 Å². The van der Waals surface area contributed by atoms with Crippen LogP contribution in [0.2, 0.25) is 0 Å². The predicted molar refractivity (Wildman–Crippen MR) is 76.1 cm³/mol. The molecule has 1 spiro atoms. The average Bonchev–Trinajstić information content (AvgIpc) is 3.17. The van der Waals surface area contributed by atoms with Crippen molar-refractivity contribution in [3.05, 3.63) is 35.4 Å². The number of carbonyl (C=O) groups excluding carboxylic acids is 1. The van der Waals surface area contributed by atoms with Crippen molar-refractivity contribution < 1.29 is 13.6 Å². The van der Waals surface area contributed by atoms with E-state index >= 15 is 0 Å². The molecule has 1 unspecified atom stereocenters. The summed E-state index contributed by atoms with van der Waals surface area (Å²) in [4.78, 5) is 13.6. The van der Waals surface area contributed by atoms with E-state index in [0.29, 0.717) is 5.92 Å². The van der Waals surface area contributed by atoms with Crippen LogP contribution in [0.25, 0.3) is 0 Å². The zero-order chi connectivity index (χ0) is 15.2. The second-order valence-electron chi connectivity index (χ2n) is 6.30. The molecule has 21 heavy (non-hydrogen) atoms. The highest BCUT2D eigenvalue weighted by molar-refractivity contribution is 5.92. The van der Waals surface area contributed by atoms with E-state index in [2.05, 4.69) is 19.2 Å². The molecule has 1 N–H and O–H groups in total. The van der Waals surface area contributed by atoms with Crippen LogP contribution in [0, 0.1) is 0 Å². The van der Waals surface area contributed by atoms with E-state index in [-0.39, 0.29) is 5.91 Å². The topological polar surface area (TPSA) is 32.3 Å². The smallest absolute Gasteiger partial charge is 0.255 e. The van der Waals surface area contributed by atoms with E-state index in [1.54, 1.807) is 0 Å². The number of nitrogens with zero attached hydrogens (tertiary/aromatic N) is 1. The molecule has 114 valence electrons. The number of carbonyl (C=O) groups is 1. The largest absolute Gasteiger partial charge is 0.316 e. The minimum atomic E-state index is -2.51. The molecule has 1 saturated heterocycles. The Kier molecular flexibility index (Phi) is 3.48. The minimum Gasteiger partial charge on any atom is -0.316 e. The van der Waals surface area contributed by atoms with Crippen LogP contribution in [-0.4, -0.2) is 29.3 Å². The highest BCUT2D eigenvalue weighted by atomic mass is 19.3. The van der Waals surface area contributed by atoms with Crippen molar-refractivity contribution in [3.63, 3.8) is 0 Å². The van der Waals surface area contributed by atoms with E-state index in [1.807, 2.05) is 24.3 Å². The summed E-state index contributed by atoms with van der Waals surface area (Å²) in [5, 5.41) is 3.25. The molecule has 0 radical (unpaired) electrons. The molecule has 5 heteroatoms. The van der Waals surface area contributed by atoms with Crippen molar-refractivity contribution in [2.45, 2.75) is 50.7 Å². The first kappa shape index (κ1) is 14.4.